The first-order chi connectivity index (χ1) is 13.6. The van der Waals surface area contributed by atoms with E-state index in [1.807, 2.05) is 30.3 Å². The number of halogens is 1. The molecule has 144 valence electrons. The number of hydrogen-bond acceptors (Lipinski definition) is 4. The molecule has 1 saturated heterocycles. The minimum Gasteiger partial charge on any atom is -0.368 e. The van der Waals surface area contributed by atoms with Gasteiger partial charge >= 0.3 is 0 Å². The van der Waals surface area contributed by atoms with Crippen LogP contribution in [0.5, 0.6) is 0 Å². The summed E-state index contributed by atoms with van der Waals surface area (Å²) in [4.78, 5) is 42.2. The molecule has 2 aliphatic heterocycles. The largest absolute Gasteiger partial charge is 0.368 e. The van der Waals surface area contributed by atoms with E-state index in [1.54, 1.807) is 4.90 Å². The van der Waals surface area contributed by atoms with Crippen LogP contribution in [0.1, 0.15) is 27.1 Å². The molecule has 3 amide bonds. The van der Waals surface area contributed by atoms with Crippen molar-refractivity contribution in [3.05, 3.63) is 65.5 Å². The molecule has 2 aromatic rings. The highest BCUT2D eigenvalue weighted by Gasteiger charge is 2.38. The number of para-hydroxylation sites is 1. The Labute approximate surface area is 162 Å². The van der Waals surface area contributed by atoms with Gasteiger partial charge < -0.3 is 9.80 Å². The number of nitrogens with zero attached hydrogens (tertiary/aromatic N) is 3. The second-order valence-electron chi connectivity index (χ2n) is 6.88. The van der Waals surface area contributed by atoms with Gasteiger partial charge in [-0.05, 0) is 24.3 Å². The molecule has 0 spiro atoms. The number of fused-ring (bicyclic) bond motifs is 1. The Kier molecular flexibility index (Phi) is 4.81. The van der Waals surface area contributed by atoms with Gasteiger partial charge in [0.05, 0.1) is 11.1 Å². The van der Waals surface area contributed by atoms with Crippen molar-refractivity contribution in [1.29, 1.82) is 0 Å². The number of imide groups is 1. The maximum atomic E-state index is 13.9. The number of piperazine rings is 1. The predicted molar refractivity (Wildman–Crippen MR) is 102 cm³/mol. The topological polar surface area (TPSA) is 60.9 Å². The van der Waals surface area contributed by atoms with Crippen LogP contribution in [0.4, 0.5) is 10.1 Å². The van der Waals surface area contributed by atoms with Gasteiger partial charge in [-0.1, -0.05) is 24.3 Å². The van der Waals surface area contributed by atoms with E-state index in [2.05, 4.69) is 4.90 Å². The Morgan fingerprint density at radius 1 is 0.893 bits per heavy atom. The lowest BCUT2D eigenvalue weighted by Crippen LogP contribution is -2.49. The van der Waals surface area contributed by atoms with Gasteiger partial charge in [0.1, 0.15) is 5.82 Å². The van der Waals surface area contributed by atoms with Crippen LogP contribution in [-0.2, 0) is 4.79 Å². The van der Waals surface area contributed by atoms with Gasteiger partial charge in [0.15, 0.2) is 0 Å². The molecule has 1 fully saturated rings. The van der Waals surface area contributed by atoms with Crippen LogP contribution in [0.3, 0.4) is 0 Å². The standard InChI is InChI=1S/C21H20FN3O3/c22-17-8-4-7-16-19(17)21(28)25(20(16)27)10-9-18(26)24-13-11-23(12-14-24)15-5-2-1-3-6-15/h1-8H,9-14H2. The fourth-order valence-electron chi connectivity index (χ4n) is 3.71. The molecule has 0 N–H and O–H groups in total. The molecule has 2 heterocycles. The molecule has 2 aliphatic rings. The summed E-state index contributed by atoms with van der Waals surface area (Å²) in [5, 5.41) is 0. The molecule has 0 saturated carbocycles. The van der Waals surface area contributed by atoms with E-state index >= 15 is 0 Å². The van der Waals surface area contributed by atoms with Crippen LogP contribution >= 0.6 is 0 Å². The Hall–Kier alpha value is -3.22. The highest BCUT2D eigenvalue weighted by molar-refractivity contribution is 6.21. The monoisotopic (exact) mass is 381 g/mol. The van der Waals surface area contributed by atoms with Gasteiger partial charge in [-0.25, -0.2) is 4.39 Å². The number of anilines is 1. The number of rotatable bonds is 4. The maximum Gasteiger partial charge on any atom is 0.264 e. The van der Waals surface area contributed by atoms with E-state index in [0.717, 1.165) is 29.7 Å². The van der Waals surface area contributed by atoms with Crippen molar-refractivity contribution in [3.63, 3.8) is 0 Å². The van der Waals surface area contributed by atoms with Gasteiger partial charge in [0.2, 0.25) is 5.91 Å². The molecule has 0 atom stereocenters. The second-order valence-corrected chi connectivity index (χ2v) is 6.88. The molecular formula is C21H20FN3O3. The first-order valence-electron chi connectivity index (χ1n) is 9.29. The lowest BCUT2D eigenvalue weighted by Gasteiger charge is -2.36. The highest BCUT2D eigenvalue weighted by atomic mass is 19.1. The average molecular weight is 381 g/mol. The fraction of sp³-hybridized carbons (Fsp3) is 0.286. The average Bonchev–Trinajstić information content (AvgIpc) is 2.98. The molecule has 2 aromatic carbocycles. The smallest absolute Gasteiger partial charge is 0.264 e. The number of carbonyl (C=O) groups excluding carboxylic acids is 3. The van der Waals surface area contributed by atoms with E-state index in [9.17, 15) is 18.8 Å². The molecule has 0 aromatic heterocycles. The lowest BCUT2D eigenvalue weighted by molar-refractivity contribution is -0.131. The number of amides is 3. The quantitative estimate of drug-likeness (QED) is 0.762. The third-order valence-corrected chi connectivity index (χ3v) is 5.25. The first-order valence-corrected chi connectivity index (χ1v) is 9.29. The van der Waals surface area contributed by atoms with Crippen molar-refractivity contribution in [2.24, 2.45) is 0 Å². The molecule has 7 heteroatoms. The molecule has 6 nitrogen and oxygen atoms in total. The van der Waals surface area contributed by atoms with Crippen LogP contribution in [0.2, 0.25) is 0 Å². The summed E-state index contributed by atoms with van der Waals surface area (Å²) in [5.41, 5.74) is 0.994. The fourth-order valence-corrected chi connectivity index (χ4v) is 3.71. The van der Waals surface area contributed by atoms with Gasteiger partial charge in [0.25, 0.3) is 11.8 Å². The zero-order valence-electron chi connectivity index (χ0n) is 15.3. The minimum atomic E-state index is -0.707. The highest BCUT2D eigenvalue weighted by Crippen LogP contribution is 2.25. The second kappa shape index (κ2) is 7.42. The summed E-state index contributed by atoms with van der Waals surface area (Å²) >= 11 is 0. The minimum absolute atomic E-state index is 0.0382. The SMILES string of the molecule is O=C(CCN1C(=O)c2cccc(F)c2C1=O)N1CCN(c2ccccc2)CC1. The number of hydrogen-bond donors (Lipinski definition) is 0. The van der Waals surface area contributed by atoms with E-state index in [4.69, 9.17) is 0 Å². The third-order valence-electron chi connectivity index (χ3n) is 5.25. The number of carbonyl (C=O) groups is 3. The maximum absolute atomic E-state index is 13.9. The molecular weight excluding hydrogens is 361 g/mol. The zero-order valence-corrected chi connectivity index (χ0v) is 15.3. The Bertz CT molecular complexity index is 924. The van der Waals surface area contributed by atoms with Crippen LogP contribution in [0, 0.1) is 5.82 Å². The van der Waals surface area contributed by atoms with Crippen molar-refractivity contribution in [3.8, 4) is 0 Å². The number of benzene rings is 2. The van der Waals surface area contributed by atoms with Gasteiger partial charge in [-0.3, -0.25) is 19.3 Å². The van der Waals surface area contributed by atoms with E-state index < -0.39 is 17.6 Å². The van der Waals surface area contributed by atoms with Crippen molar-refractivity contribution in [1.82, 2.24) is 9.80 Å². The van der Waals surface area contributed by atoms with Gasteiger partial charge in [-0.2, -0.15) is 0 Å². The molecule has 28 heavy (non-hydrogen) atoms. The predicted octanol–water partition coefficient (Wildman–Crippen LogP) is 2.16. The van der Waals surface area contributed by atoms with Gasteiger partial charge in [-0.15, -0.1) is 0 Å². The van der Waals surface area contributed by atoms with Crippen molar-refractivity contribution >= 4 is 23.4 Å². The summed E-state index contributed by atoms with van der Waals surface area (Å²) in [7, 11) is 0. The summed E-state index contributed by atoms with van der Waals surface area (Å²) in [6.45, 7) is 2.60. The van der Waals surface area contributed by atoms with Crippen molar-refractivity contribution in [2.45, 2.75) is 6.42 Å². The zero-order chi connectivity index (χ0) is 19.7. The molecule has 0 radical (unpaired) electrons. The summed E-state index contributed by atoms with van der Waals surface area (Å²) in [6, 6.07) is 14.0. The van der Waals surface area contributed by atoms with Crippen LogP contribution in [0.15, 0.2) is 48.5 Å². The van der Waals surface area contributed by atoms with Crippen molar-refractivity contribution < 1.29 is 18.8 Å². The normalized spacial score (nSPS) is 16.5. The van der Waals surface area contributed by atoms with Crippen LogP contribution < -0.4 is 4.90 Å². The van der Waals surface area contributed by atoms with E-state index in [-0.39, 0.29) is 30.0 Å². The summed E-state index contributed by atoms with van der Waals surface area (Å²) in [5.74, 6) is -2.02. The van der Waals surface area contributed by atoms with Crippen LogP contribution in [0.25, 0.3) is 0 Å². The third kappa shape index (κ3) is 3.24. The van der Waals surface area contributed by atoms with Gasteiger partial charge in [0, 0.05) is 44.8 Å². The van der Waals surface area contributed by atoms with E-state index in [0.29, 0.717) is 13.1 Å². The first kappa shape index (κ1) is 18.2. The lowest BCUT2D eigenvalue weighted by atomic mass is 10.1. The Morgan fingerprint density at radius 2 is 1.61 bits per heavy atom. The van der Waals surface area contributed by atoms with E-state index in [1.165, 1.54) is 12.1 Å². The Balaban J connectivity index is 1.33. The summed E-state index contributed by atoms with van der Waals surface area (Å²) < 4.78 is 13.9. The van der Waals surface area contributed by atoms with Crippen molar-refractivity contribution in [2.75, 3.05) is 37.6 Å². The molecule has 0 aliphatic carbocycles. The molecule has 0 unspecified atom stereocenters. The molecule has 0 bridgehead atoms. The Morgan fingerprint density at radius 3 is 2.29 bits per heavy atom. The summed E-state index contributed by atoms with van der Waals surface area (Å²) in [6.07, 6.45) is 0.0401. The van der Waals surface area contributed by atoms with Crippen LogP contribution in [-0.4, -0.2) is 60.2 Å². The molecule has 4 rings (SSSR count).